The molecule has 7 rings (SSSR count). The van der Waals surface area contributed by atoms with Crippen LogP contribution in [0.15, 0.2) is 54.6 Å². The first kappa shape index (κ1) is 35.6. The van der Waals surface area contributed by atoms with Gasteiger partial charge in [-0.1, -0.05) is 12.2 Å². The zero-order valence-corrected chi connectivity index (χ0v) is 30.9. The van der Waals surface area contributed by atoms with E-state index in [-0.39, 0.29) is 11.9 Å². The molecule has 276 valence electrons. The molecule has 0 saturated heterocycles. The molecule has 0 aliphatic carbocycles. The van der Waals surface area contributed by atoms with E-state index in [2.05, 4.69) is 20.5 Å². The Morgan fingerprint density at radius 2 is 1.65 bits per heavy atom. The summed E-state index contributed by atoms with van der Waals surface area (Å²) in [5.41, 5.74) is 19.9. The van der Waals surface area contributed by atoms with E-state index in [1.54, 1.807) is 36.1 Å². The lowest BCUT2D eigenvalue weighted by atomic mass is 9.96. The first-order chi connectivity index (χ1) is 25.9. The molecule has 0 atom stereocenters. The van der Waals surface area contributed by atoms with Crippen molar-refractivity contribution >= 4 is 56.6 Å². The number of anilines is 1. The zero-order valence-electron chi connectivity index (χ0n) is 30.9. The molecule has 5 heterocycles. The van der Waals surface area contributed by atoms with Crippen molar-refractivity contribution < 1.29 is 19.1 Å². The molecule has 54 heavy (non-hydrogen) atoms. The molecule has 15 heteroatoms. The molecule has 0 unspecified atom stereocenters. The molecule has 3 amide bonds. The number of aromatic amines is 1. The third kappa shape index (κ3) is 6.22. The number of hydrogen-bond donors (Lipinski definition) is 4. The number of benzene rings is 2. The van der Waals surface area contributed by atoms with Gasteiger partial charge in [-0.15, -0.1) is 0 Å². The van der Waals surface area contributed by atoms with Gasteiger partial charge in [0, 0.05) is 41.5 Å². The summed E-state index contributed by atoms with van der Waals surface area (Å²) in [6.07, 6.45) is 4.21. The minimum Gasteiger partial charge on any atom is -0.495 e. The highest BCUT2D eigenvalue weighted by Crippen LogP contribution is 2.37. The molecule has 0 spiro atoms. The number of hydrogen-bond acceptors (Lipinski definition) is 8. The topological polar surface area (TPSA) is 207 Å². The molecule has 2 aromatic carbocycles. The number of methoxy groups -OCH3 is 1. The fraction of sp³-hybridized carbons (Fsp3) is 0.256. The summed E-state index contributed by atoms with van der Waals surface area (Å²) >= 11 is 0. The summed E-state index contributed by atoms with van der Waals surface area (Å²) < 4.78 is 11.1. The van der Waals surface area contributed by atoms with Gasteiger partial charge in [-0.3, -0.25) is 29.1 Å². The number of nitrogens with one attached hydrogen (secondary N) is 2. The van der Waals surface area contributed by atoms with Crippen LogP contribution in [0, 0.1) is 20.8 Å². The SMILES string of the molecule is CCn1nc(C)cc1C(=O)Nc1nc2cc(C(N)=O)cc(C)c2n1C/C=C/Cc1c(C(N)=O)cc(OC)c2[nH]c3nc(-c4cc(C)nn4CC)ccc3c12. The van der Waals surface area contributed by atoms with Gasteiger partial charge in [-0.25, -0.2) is 9.97 Å². The van der Waals surface area contributed by atoms with Gasteiger partial charge in [-0.05, 0) is 94.6 Å². The van der Waals surface area contributed by atoms with Crippen molar-refractivity contribution in [3.05, 3.63) is 94.0 Å². The van der Waals surface area contributed by atoms with Gasteiger partial charge in [0.1, 0.15) is 17.1 Å². The highest BCUT2D eigenvalue weighted by molar-refractivity contribution is 6.14. The lowest BCUT2D eigenvalue weighted by Gasteiger charge is -2.12. The Labute approximate surface area is 310 Å². The number of carbonyl (C=O) groups excluding carboxylic acids is 3. The summed E-state index contributed by atoms with van der Waals surface area (Å²) in [6.45, 7) is 11.1. The van der Waals surface area contributed by atoms with Crippen LogP contribution in [0.4, 0.5) is 5.95 Å². The molecule has 0 radical (unpaired) electrons. The van der Waals surface area contributed by atoms with Crippen molar-refractivity contribution in [3.63, 3.8) is 0 Å². The number of ether oxygens (including phenoxy) is 1. The van der Waals surface area contributed by atoms with Gasteiger partial charge in [-0.2, -0.15) is 10.2 Å². The van der Waals surface area contributed by atoms with Crippen molar-refractivity contribution in [1.82, 2.24) is 39.1 Å². The predicted molar refractivity (Wildman–Crippen MR) is 207 cm³/mol. The summed E-state index contributed by atoms with van der Waals surface area (Å²) in [4.78, 5) is 51.6. The molecule has 6 N–H and O–H groups in total. The monoisotopic (exact) mass is 727 g/mol. The van der Waals surface area contributed by atoms with Crippen LogP contribution in [-0.4, -0.2) is 63.9 Å². The number of primary amides is 2. The fourth-order valence-corrected chi connectivity index (χ4v) is 7.13. The van der Waals surface area contributed by atoms with Crippen LogP contribution in [0.2, 0.25) is 0 Å². The largest absolute Gasteiger partial charge is 0.495 e. The summed E-state index contributed by atoms with van der Waals surface area (Å²) in [5, 5.41) is 13.5. The van der Waals surface area contributed by atoms with Gasteiger partial charge >= 0.3 is 0 Å². The Kier molecular flexibility index (Phi) is 9.23. The molecular formula is C39H41N11O4. The fourth-order valence-electron chi connectivity index (χ4n) is 7.13. The number of rotatable bonds is 12. The first-order valence-corrected chi connectivity index (χ1v) is 17.6. The second-order valence-electron chi connectivity index (χ2n) is 13.1. The second kappa shape index (κ2) is 14.0. The Hall–Kier alpha value is -6.77. The van der Waals surface area contributed by atoms with Crippen molar-refractivity contribution in [2.24, 2.45) is 11.5 Å². The highest BCUT2D eigenvalue weighted by Gasteiger charge is 2.23. The zero-order chi connectivity index (χ0) is 38.4. The van der Waals surface area contributed by atoms with Crippen molar-refractivity contribution in [1.29, 1.82) is 0 Å². The number of aryl methyl sites for hydroxylation is 5. The maximum absolute atomic E-state index is 13.5. The second-order valence-corrected chi connectivity index (χ2v) is 13.1. The molecular weight excluding hydrogens is 687 g/mol. The smallest absolute Gasteiger partial charge is 0.276 e. The average molecular weight is 728 g/mol. The quantitative estimate of drug-likeness (QED) is 0.120. The molecule has 0 fully saturated rings. The highest BCUT2D eigenvalue weighted by atomic mass is 16.5. The van der Waals surface area contributed by atoms with Crippen LogP contribution < -0.4 is 21.5 Å². The lowest BCUT2D eigenvalue weighted by molar-refractivity contribution is 0.0991. The number of nitrogens with zero attached hydrogens (tertiary/aromatic N) is 7. The summed E-state index contributed by atoms with van der Waals surface area (Å²) in [6, 6.07) is 12.6. The number of fused-ring (bicyclic) bond motifs is 4. The third-order valence-corrected chi connectivity index (χ3v) is 9.51. The van der Waals surface area contributed by atoms with Crippen LogP contribution in [0.3, 0.4) is 0 Å². The number of pyridine rings is 1. The minimum atomic E-state index is -0.590. The summed E-state index contributed by atoms with van der Waals surface area (Å²) in [5.74, 6) is -0.787. The third-order valence-electron chi connectivity index (χ3n) is 9.51. The molecule has 7 aromatic rings. The Morgan fingerprint density at radius 3 is 2.35 bits per heavy atom. The normalized spacial score (nSPS) is 11.7. The van der Waals surface area contributed by atoms with Crippen LogP contribution in [0.1, 0.15) is 67.6 Å². The van der Waals surface area contributed by atoms with Crippen molar-refractivity contribution in [2.45, 2.75) is 60.7 Å². The van der Waals surface area contributed by atoms with Crippen molar-refractivity contribution in [3.8, 4) is 17.1 Å². The van der Waals surface area contributed by atoms with Crippen LogP contribution in [0.5, 0.6) is 5.75 Å². The van der Waals surface area contributed by atoms with E-state index in [0.29, 0.717) is 76.6 Å². The first-order valence-electron chi connectivity index (χ1n) is 17.6. The number of aromatic nitrogens is 8. The van der Waals surface area contributed by atoms with Crippen LogP contribution in [-0.2, 0) is 26.1 Å². The van der Waals surface area contributed by atoms with E-state index in [0.717, 1.165) is 38.9 Å². The number of H-pyrrole nitrogens is 1. The van der Waals surface area contributed by atoms with E-state index >= 15 is 0 Å². The molecule has 5 aromatic heterocycles. The maximum Gasteiger partial charge on any atom is 0.276 e. The number of amides is 3. The van der Waals surface area contributed by atoms with E-state index < -0.39 is 11.8 Å². The molecule has 15 nitrogen and oxygen atoms in total. The van der Waals surface area contributed by atoms with Gasteiger partial charge in [0.15, 0.2) is 0 Å². The Balaban J connectivity index is 1.28. The minimum absolute atomic E-state index is 0.286. The van der Waals surface area contributed by atoms with Crippen molar-refractivity contribution in [2.75, 3.05) is 12.4 Å². The van der Waals surface area contributed by atoms with Gasteiger partial charge in [0.25, 0.3) is 5.91 Å². The lowest BCUT2D eigenvalue weighted by Crippen LogP contribution is -2.20. The van der Waals surface area contributed by atoms with E-state index in [1.807, 2.05) is 74.2 Å². The van der Waals surface area contributed by atoms with E-state index in [4.69, 9.17) is 26.2 Å². The maximum atomic E-state index is 13.5. The number of carbonyl (C=O) groups is 3. The van der Waals surface area contributed by atoms with Crippen LogP contribution >= 0.6 is 0 Å². The number of imidazole rings is 1. The Bertz CT molecular complexity index is 2670. The molecule has 0 aliphatic rings. The van der Waals surface area contributed by atoms with Gasteiger partial charge in [0.05, 0.1) is 46.4 Å². The number of allylic oxidation sites excluding steroid dienone is 2. The molecule has 0 saturated carbocycles. The van der Waals surface area contributed by atoms with Crippen LogP contribution in [0.25, 0.3) is 44.4 Å². The van der Waals surface area contributed by atoms with E-state index in [9.17, 15) is 14.4 Å². The predicted octanol–water partition coefficient (Wildman–Crippen LogP) is 5.35. The average Bonchev–Trinajstić information content (AvgIpc) is 3.91. The van der Waals surface area contributed by atoms with Gasteiger partial charge in [0.2, 0.25) is 17.8 Å². The standard InChI is InChI=1S/C39H41N11O4/c1-7-49-29(16-21(4)46-49)27-13-12-25-32-24(26(36(41)52)19-31(54-6)33(32)44-37(25)42-27)11-9-10-14-48-34-20(3)15-23(35(40)51)18-28(34)43-39(48)45-38(53)30-17-22(5)47-50(30)8-2/h9-10,12-13,15-19H,7-8,11,14H2,1-6H3,(H2,40,51)(H2,41,52)(H,42,44)(H,43,45,53)/b10-9+. The summed E-state index contributed by atoms with van der Waals surface area (Å²) in [7, 11) is 1.55. The Morgan fingerprint density at radius 1 is 0.907 bits per heavy atom. The molecule has 0 aliphatic heterocycles. The van der Waals surface area contributed by atoms with E-state index in [1.165, 1.54) is 0 Å². The molecule has 0 bridgehead atoms. The van der Waals surface area contributed by atoms with Gasteiger partial charge < -0.3 is 25.8 Å². The number of nitrogens with two attached hydrogens (primary N) is 2.